The van der Waals surface area contributed by atoms with Crippen molar-refractivity contribution in [3.05, 3.63) is 0 Å². The van der Waals surface area contributed by atoms with Gasteiger partial charge < -0.3 is 0 Å². The van der Waals surface area contributed by atoms with E-state index in [4.69, 9.17) is 15.3 Å². The van der Waals surface area contributed by atoms with Crippen LogP contribution in [0.25, 0.3) is 0 Å². The Kier molecular flexibility index (Phi) is 7.71. The Morgan fingerprint density at radius 2 is 0.947 bits per heavy atom. The molecule has 0 aliphatic rings. The standard InChI is InChI=1S/3C3H6O3.Ga/c3*1-2(4)3(5)6;/h3*2,4H,1H3,(H,5,6);/q;;;+3/p-3. The molecule has 3 unspecified atom stereocenters. The van der Waals surface area contributed by atoms with Crippen molar-refractivity contribution >= 4 is 35.2 Å². The zero-order valence-corrected chi connectivity index (χ0v) is 13.0. The van der Waals surface area contributed by atoms with Crippen molar-refractivity contribution in [3.63, 3.8) is 0 Å². The molecule has 0 aliphatic heterocycles. The molecule has 0 saturated heterocycles. The van der Waals surface area contributed by atoms with E-state index in [0.717, 1.165) is 20.8 Å². The summed E-state index contributed by atoms with van der Waals surface area (Å²) in [6, 6.07) is 0. The van der Waals surface area contributed by atoms with E-state index >= 15 is 0 Å². The Hall–Kier alpha value is -1.07. The fourth-order valence-corrected chi connectivity index (χ4v) is 3.39. The van der Waals surface area contributed by atoms with Gasteiger partial charge in [-0.2, -0.15) is 0 Å². The molecule has 0 heterocycles. The summed E-state index contributed by atoms with van der Waals surface area (Å²) in [5.41, 5.74) is 0. The molecule has 9 nitrogen and oxygen atoms in total. The zero-order valence-electron chi connectivity index (χ0n) is 10.6. The second kappa shape index (κ2) is 8.17. The predicted molar refractivity (Wildman–Crippen MR) is 59.1 cm³/mol. The van der Waals surface area contributed by atoms with E-state index in [9.17, 15) is 14.4 Å². The van der Waals surface area contributed by atoms with Gasteiger partial charge >= 0.3 is 115 Å². The molecular formula is C9H15GaO9. The third-order valence-electron chi connectivity index (χ3n) is 1.66. The normalized spacial score (nSPS) is 14.8. The van der Waals surface area contributed by atoms with Gasteiger partial charge in [-0.1, -0.05) is 0 Å². The minimum absolute atomic E-state index is 1.11. The molecule has 0 amide bonds. The Morgan fingerprint density at radius 3 is 1.11 bits per heavy atom. The minimum atomic E-state index is -4.13. The van der Waals surface area contributed by atoms with Gasteiger partial charge in [0, 0.05) is 0 Å². The second-order valence-electron chi connectivity index (χ2n) is 3.63. The number of carbonyl (C=O) groups excluding carboxylic acids is 3. The summed E-state index contributed by atoms with van der Waals surface area (Å²) in [6.45, 7) is 3.32. The molecule has 0 bridgehead atoms. The molecule has 3 N–H and O–H groups in total. The predicted octanol–water partition coefficient (Wildman–Crippen LogP) is -2.26. The van der Waals surface area contributed by atoms with E-state index in [1.807, 2.05) is 0 Å². The zero-order chi connectivity index (χ0) is 15.2. The van der Waals surface area contributed by atoms with Crippen LogP contribution in [0.3, 0.4) is 0 Å². The van der Waals surface area contributed by atoms with E-state index < -0.39 is 53.5 Å². The third-order valence-corrected chi connectivity index (χ3v) is 4.33. The fraction of sp³-hybridized carbons (Fsp3) is 0.667. The van der Waals surface area contributed by atoms with Gasteiger partial charge in [0.05, 0.1) is 0 Å². The first-order valence-electron chi connectivity index (χ1n) is 5.30. The molecule has 10 heteroatoms. The van der Waals surface area contributed by atoms with Crippen LogP contribution in [0, 0.1) is 0 Å². The topological polar surface area (TPSA) is 140 Å². The van der Waals surface area contributed by atoms with Gasteiger partial charge in [-0.25, -0.2) is 0 Å². The van der Waals surface area contributed by atoms with Crippen LogP contribution < -0.4 is 0 Å². The average molecular weight is 337 g/mol. The van der Waals surface area contributed by atoms with E-state index in [1.54, 1.807) is 0 Å². The molecule has 0 radical (unpaired) electrons. The van der Waals surface area contributed by atoms with Crippen LogP contribution >= 0.6 is 0 Å². The number of hydrogen-bond donors (Lipinski definition) is 3. The maximum atomic E-state index is 11.1. The third kappa shape index (κ3) is 7.17. The second-order valence-corrected chi connectivity index (χ2v) is 6.32. The molecule has 0 aromatic heterocycles. The van der Waals surface area contributed by atoms with Crippen molar-refractivity contribution in [2.75, 3.05) is 0 Å². The van der Waals surface area contributed by atoms with Crippen LogP contribution in [0.5, 0.6) is 0 Å². The van der Waals surface area contributed by atoms with E-state index in [2.05, 4.69) is 10.6 Å². The number of carbonyl (C=O) groups is 3. The Labute approximate surface area is 115 Å². The number of aliphatic hydroxyl groups excluding tert-OH is 3. The Morgan fingerprint density at radius 1 is 0.737 bits per heavy atom. The van der Waals surface area contributed by atoms with Gasteiger partial charge in [0.15, 0.2) is 0 Å². The van der Waals surface area contributed by atoms with Crippen molar-refractivity contribution in [1.82, 2.24) is 0 Å². The first-order valence-corrected chi connectivity index (χ1v) is 8.27. The van der Waals surface area contributed by atoms with Crippen LogP contribution in [0.1, 0.15) is 20.8 Å². The number of hydrogen-bond acceptors (Lipinski definition) is 9. The monoisotopic (exact) mass is 336 g/mol. The summed E-state index contributed by atoms with van der Waals surface area (Å²) in [7, 11) is 0. The Bertz CT molecular complexity index is 286. The average Bonchev–Trinajstić information content (AvgIpc) is 2.27. The molecule has 0 aromatic rings. The molecule has 0 spiro atoms. The van der Waals surface area contributed by atoms with Crippen molar-refractivity contribution in [2.24, 2.45) is 0 Å². The van der Waals surface area contributed by atoms with Gasteiger partial charge in [-0.15, -0.1) is 0 Å². The van der Waals surface area contributed by atoms with Crippen LogP contribution in [-0.4, -0.2) is 68.9 Å². The van der Waals surface area contributed by atoms with E-state index in [-0.39, 0.29) is 0 Å². The first-order chi connectivity index (χ1) is 8.65. The fourth-order valence-electron chi connectivity index (χ4n) is 0.652. The van der Waals surface area contributed by atoms with E-state index in [1.165, 1.54) is 0 Å². The molecule has 0 rings (SSSR count). The van der Waals surface area contributed by atoms with Gasteiger partial charge in [0.1, 0.15) is 0 Å². The summed E-state index contributed by atoms with van der Waals surface area (Å²) >= 11 is -4.13. The molecule has 19 heavy (non-hydrogen) atoms. The van der Waals surface area contributed by atoms with Crippen molar-refractivity contribution in [2.45, 2.75) is 39.1 Å². The van der Waals surface area contributed by atoms with Gasteiger partial charge in [0.25, 0.3) is 0 Å². The molecule has 0 saturated carbocycles. The van der Waals surface area contributed by atoms with Crippen molar-refractivity contribution in [3.8, 4) is 0 Å². The summed E-state index contributed by atoms with van der Waals surface area (Å²) in [4.78, 5) is 33.4. The molecule has 3 atom stereocenters. The SMILES string of the molecule is CC(O)C(=O)[O][Ga]([O]C(=O)C(C)O)[O]C(=O)C(C)O. The first kappa shape index (κ1) is 17.9. The molecule has 0 aliphatic carbocycles. The number of rotatable bonds is 6. The van der Waals surface area contributed by atoms with Crippen LogP contribution in [-0.2, 0) is 25.0 Å². The quantitative estimate of drug-likeness (QED) is 0.458. The maximum absolute atomic E-state index is 11.1. The van der Waals surface area contributed by atoms with Gasteiger partial charge in [0.2, 0.25) is 0 Å². The summed E-state index contributed by atoms with van der Waals surface area (Å²) in [5, 5.41) is 26.8. The van der Waals surface area contributed by atoms with Crippen LogP contribution in [0.15, 0.2) is 0 Å². The molecular weight excluding hydrogens is 322 g/mol. The molecule has 108 valence electrons. The summed E-state index contributed by atoms with van der Waals surface area (Å²) in [6.07, 6.45) is -4.49. The number of aliphatic hydroxyl groups is 3. The van der Waals surface area contributed by atoms with Gasteiger partial charge in [-0.3, -0.25) is 0 Å². The molecule has 0 aromatic carbocycles. The van der Waals surface area contributed by atoms with Crippen LogP contribution in [0.2, 0.25) is 0 Å². The van der Waals surface area contributed by atoms with Crippen molar-refractivity contribution < 1.29 is 40.3 Å². The summed E-state index contributed by atoms with van der Waals surface area (Å²) < 4.78 is 13.6. The van der Waals surface area contributed by atoms with Crippen molar-refractivity contribution in [1.29, 1.82) is 0 Å². The van der Waals surface area contributed by atoms with Gasteiger partial charge in [-0.05, 0) is 0 Å². The molecule has 0 fully saturated rings. The van der Waals surface area contributed by atoms with Crippen LogP contribution in [0.4, 0.5) is 0 Å². The Balaban J connectivity index is 4.68. The van der Waals surface area contributed by atoms with E-state index in [0.29, 0.717) is 0 Å². The summed E-state index contributed by atoms with van der Waals surface area (Å²) in [5.74, 6) is -3.41.